The lowest BCUT2D eigenvalue weighted by Crippen LogP contribution is -2.28. The lowest BCUT2D eigenvalue weighted by Gasteiger charge is -2.25. The molecule has 4 nitrogen and oxygen atoms in total. The van der Waals surface area contributed by atoms with E-state index in [1.807, 2.05) is 0 Å². The standard InChI is InChI=1S/C14H25N3O/c1-5-7-8-11(3)12(15-6-2)13-14(18-4)17-10-9-16-13/h9-12,15H,5-8H2,1-4H3. The van der Waals surface area contributed by atoms with Gasteiger partial charge in [0.25, 0.3) is 0 Å². The summed E-state index contributed by atoms with van der Waals surface area (Å²) in [5, 5.41) is 3.50. The average molecular weight is 251 g/mol. The summed E-state index contributed by atoms with van der Waals surface area (Å²) >= 11 is 0. The molecule has 1 N–H and O–H groups in total. The molecule has 1 aromatic heterocycles. The van der Waals surface area contributed by atoms with Gasteiger partial charge in [0.15, 0.2) is 0 Å². The first-order chi connectivity index (χ1) is 8.74. The van der Waals surface area contributed by atoms with E-state index < -0.39 is 0 Å². The minimum atomic E-state index is 0.213. The number of aromatic nitrogens is 2. The summed E-state index contributed by atoms with van der Waals surface area (Å²) < 4.78 is 5.31. The zero-order valence-electron chi connectivity index (χ0n) is 11.9. The van der Waals surface area contributed by atoms with Crippen molar-refractivity contribution in [3.05, 3.63) is 18.1 Å². The molecule has 102 valence electrons. The molecule has 0 aliphatic carbocycles. The number of ether oxygens (including phenoxy) is 1. The molecule has 0 fully saturated rings. The molecule has 18 heavy (non-hydrogen) atoms. The number of hydrogen-bond acceptors (Lipinski definition) is 4. The second-order valence-corrected chi connectivity index (χ2v) is 4.61. The number of hydrogen-bond donors (Lipinski definition) is 1. The Morgan fingerprint density at radius 1 is 1.28 bits per heavy atom. The first kappa shape index (κ1) is 14.9. The van der Waals surface area contributed by atoms with Crippen molar-refractivity contribution in [3.63, 3.8) is 0 Å². The van der Waals surface area contributed by atoms with E-state index in [-0.39, 0.29) is 6.04 Å². The van der Waals surface area contributed by atoms with Crippen LogP contribution in [0, 0.1) is 5.92 Å². The lowest BCUT2D eigenvalue weighted by molar-refractivity contribution is 0.328. The van der Waals surface area contributed by atoms with Gasteiger partial charge in [-0.2, -0.15) is 0 Å². The fourth-order valence-electron chi connectivity index (χ4n) is 2.19. The van der Waals surface area contributed by atoms with Gasteiger partial charge in [0.1, 0.15) is 5.69 Å². The zero-order valence-corrected chi connectivity index (χ0v) is 11.9. The molecule has 1 rings (SSSR count). The molecule has 0 amide bonds. The smallest absolute Gasteiger partial charge is 0.237 e. The average Bonchev–Trinajstić information content (AvgIpc) is 2.42. The van der Waals surface area contributed by atoms with Crippen LogP contribution in [0.1, 0.15) is 51.8 Å². The number of rotatable bonds is 8. The minimum Gasteiger partial charge on any atom is -0.480 e. The highest BCUT2D eigenvalue weighted by atomic mass is 16.5. The van der Waals surface area contributed by atoms with Crippen molar-refractivity contribution in [1.82, 2.24) is 15.3 Å². The van der Waals surface area contributed by atoms with Crippen molar-refractivity contribution in [2.75, 3.05) is 13.7 Å². The van der Waals surface area contributed by atoms with Crippen molar-refractivity contribution in [2.45, 2.75) is 46.1 Å². The van der Waals surface area contributed by atoms with Crippen LogP contribution in [0.25, 0.3) is 0 Å². The first-order valence-corrected chi connectivity index (χ1v) is 6.82. The Morgan fingerprint density at radius 3 is 2.61 bits per heavy atom. The fourth-order valence-corrected chi connectivity index (χ4v) is 2.19. The quantitative estimate of drug-likeness (QED) is 0.771. The van der Waals surface area contributed by atoms with Crippen LogP contribution in [-0.4, -0.2) is 23.6 Å². The molecule has 0 saturated carbocycles. The van der Waals surface area contributed by atoms with Gasteiger partial charge in [0.05, 0.1) is 13.2 Å². The summed E-state index contributed by atoms with van der Waals surface area (Å²) in [6.07, 6.45) is 7.05. The van der Waals surface area contributed by atoms with Crippen molar-refractivity contribution in [2.24, 2.45) is 5.92 Å². The second-order valence-electron chi connectivity index (χ2n) is 4.61. The first-order valence-electron chi connectivity index (χ1n) is 6.82. The van der Waals surface area contributed by atoms with Gasteiger partial charge in [-0.15, -0.1) is 0 Å². The van der Waals surface area contributed by atoms with Crippen LogP contribution in [0.2, 0.25) is 0 Å². The Hall–Kier alpha value is -1.16. The summed E-state index contributed by atoms with van der Waals surface area (Å²) in [5.41, 5.74) is 0.922. The van der Waals surface area contributed by atoms with Crippen LogP contribution in [0.5, 0.6) is 5.88 Å². The van der Waals surface area contributed by atoms with Crippen LogP contribution in [0.3, 0.4) is 0 Å². The topological polar surface area (TPSA) is 47.0 Å². The normalized spacial score (nSPS) is 14.2. The van der Waals surface area contributed by atoms with Gasteiger partial charge in [0.2, 0.25) is 5.88 Å². The van der Waals surface area contributed by atoms with Crippen molar-refractivity contribution >= 4 is 0 Å². The van der Waals surface area contributed by atoms with Crippen LogP contribution in [0.4, 0.5) is 0 Å². The number of unbranched alkanes of at least 4 members (excludes halogenated alkanes) is 1. The third kappa shape index (κ3) is 3.95. The molecular formula is C14H25N3O. The highest BCUT2D eigenvalue weighted by Crippen LogP contribution is 2.29. The molecule has 0 bridgehead atoms. The van der Waals surface area contributed by atoms with Gasteiger partial charge in [0, 0.05) is 12.4 Å². The third-order valence-corrected chi connectivity index (χ3v) is 3.19. The molecule has 0 spiro atoms. The van der Waals surface area contributed by atoms with E-state index in [1.165, 1.54) is 19.3 Å². The lowest BCUT2D eigenvalue weighted by atomic mass is 9.93. The molecular weight excluding hydrogens is 226 g/mol. The maximum atomic E-state index is 5.31. The predicted molar refractivity (Wildman–Crippen MR) is 73.7 cm³/mol. The molecule has 0 saturated heterocycles. The summed E-state index contributed by atoms with van der Waals surface area (Å²) in [6.45, 7) is 7.51. The fraction of sp³-hybridized carbons (Fsp3) is 0.714. The number of nitrogens with zero attached hydrogens (tertiary/aromatic N) is 2. The summed E-state index contributed by atoms with van der Waals surface area (Å²) in [6, 6.07) is 0.213. The Morgan fingerprint density at radius 2 is 2.00 bits per heavy atom. The largest absolute Gasteiger partial charge is 0.480 e. The Bertz CT molecular complexity index is 344. The van der Waals surface area contributed by atoms with E-state index in [9.17, 15) is 0 Å². The van der Waals surface area contributed by atoms with Gasteiger partial charge in [-0.25, -0.2) is 4.98 Å². The van der Waals surface area contributed by atoms with E-state index in [1.54, 1.807) is 19.5 Å². The van der Waals surface area contributed by atoms with E-state index >= 15 is 0 Å². The molecule has 1 aromatic rings. The Kier molecular flexibility index (Phi) is 6.65. The number of methoxy groups -OCH3 is 1. The maximum absolute atomic E-state index is 5.31. The van der Waals surface area contributed by atoms with Gasteiger partial charge < -0.3 is 10.1 Å². The van der Waals surface area contributed by atoms with Crippen LogP contribution in [-0.2, 0) is 0 Å². The van der Waals surface area contributed by atoms with Crippen molar-refractivity contribution < 1.29 is 4.74 Å². The predicted octanol–water partition coefficient (Wildman–Crippen LogP) is 2.96. The van der Waals surface area contributed by atoms with E-state index in [4.69, 9.17) is 4.74 Å². The monoisotopic (exact) mass is 251 g/mol. The van der Waals surface area contributed by atoms with Crippen LogP contribution >= 0.6 is 0 Å². The maximum Gasteiger partial charge on any atom is 0.237 e. The van der Waals surface area contributed by atoms with E-state index in [0.29, 0.717) is 11.8 Å². The molecule has 1 heterocycles. The Labute approximate surface area is 110 Å². The third-order valence-electron chi connectivity index (χ3n) is 3.19. The summed E-state index contributed by atoms with van der Waals surface area (Å²) in [4.78, 5) is 8.69. The summed E-state index contributed by atoms with van der Waals surface area (Å²) in [7, 11) is 1.65. The van der Waals surface area contributed by atoms with Crippen molar-refractivity contribution in [1.29, 1.82) is 0 Å². The molecule has 0 aromatic carbocycles. The van der Waals surface area contributed by atoms with Gasteiger partial charge in [-0.3, -0.25) is 4.98 Å². The highest BCUT2D eigenvalue weighted by molar-refractivity contribution is 5.21. The highest BCUT2D eigenvalue weighted by Gasteiger charge is 2.23. The second kappa shape index (κ2) is 8.03. The number of nitrogens with one attached hydrogen (secondary N) is 1. The van der Waals surface area contributed by atoms with E-state index in [0.717, 1.165) is 12.2 Å². The summed E-state index contributed by atoms with van der Waals surface area (Å²) in [5.74, 6) is 1.15. The molecule has 0 radical (unpaired) electrons. The van der Waals surface area contributed by atoms with Gasteiger partial charge in [-0.05, 0) is 18.9 Å². The molecule has 0 aliphatic heterocycles. The van der Waals surface area contributed by atoms with Crippen molar-refractivity contribution in [3.8, 4) is 5.88 Å². The van der Waals surface area contributed by atoms with E-state index in [2.05, 4.69) is 36.1 Å². The molecule has 2 atom stereocenters. The SMILES string of the molecule is CCCCC(C)C(NCC)c1nccnc1OC. The zero-order chi connectivity index (χ0) is 13.4. The van der Waals surface area contributed by atoms with Crippen LogP contribution in [0.15, 0.2) is 12.4 Å². The molecule has 2 unspecified atom stereocenters. The van der Waals surface area contributed by atoms with Gasteiger partial charge in [-0.1, -0.05) is 33.6 Å². The van der Waals surface area contributed by atoms with Gasteiger partial charge >= 0.3 is 0 Å². The van der Waals surface area contributed by atoms with Crippen LogP contribution < -0.4 is 10.1 Å². The Balaban J connectivity index is 2.88. The molecule has 4 heteroatoms. The molecule has 0 aliphatic rings. The minimum absolute atomic E-state index is 0.213.